The number of anilines is 1. The zero-order valence-corrected chi connectivity index (χ0v) is 13.1. The van der Waals surface area contributed by atoms with E-state index in [0.29, 0.717) is 5.82 Å². The molecular formula is C13H17BrN4O. The lowest BCUT2D eigenvalue weighted by atomic mass is 10.2. The van der Waals surface area contributed by atoms with Crippen LogP contribution in [0.4, 0.5) is 5.82 Å². The third-order valence-corrected chi connectivity index (χ3v) is 3.69. The number of nitrogens with one attached hydrogen (secondary N) is 1. The van der Waals surface area contributed by atoms with Crippen LogP contribution in [0.3, 0.4) is 0 Å². The summed E-state index contributed by atoms with van der Waals surface area (Å²) in [5.41, 5.74) is 2.66. The molecule has 102 valence electrons. The van der Waals surface area contributed by atoms with Gasteiger partial charge in [-0.15, -0.1) is 0 Å². The van der Waals surface area contributed by atoms with E-state index in [1.165, 1.54) is 0 Å². The first-order chi connectivity index (χ1) is 9.08. The topological polar surface area (TPSA) is 63.8 Å². The molecule has 0 fully saturated rings. The normalized spacial score (nSPS) is 10.8. The van der Waals surface area contributed by atoms with E-state index in [2.05, 4.69) is 43.3 Å². The molecule has 0 saturated heterocycles. The van der Waals surface area contributed by atoms with Crippen molar-refractivity contribution in [1.29, 1.82) is 0 Å². The number of aryl methyl sites for hydroxylation is 3. The number of halogens is 1. The number of rotatable bonds is 4. The molecule has 0 radical (unpaired) electrons. The molecular weight excluding hydrogens is 308 g/mol. The number of hydrogen-bond donors (Lipinski definition) is 1. The highest BCUT2D eigenvalue weighted by Gasteiger charge is 2.18. The van der Waals surface area contributed by atoms with Gasteiger partial charge in [-0.3, -0.25) is 0 Å². The SMILES string of the molecule is CCNc1nc(-c2c(C)noc2C)nc(CC)c1Br. The van der Waals surface area contributed by atoms with Crippen molar-refractivity contribution in [2.24, 2.45) is 0 Å². The Morgan fingerprint density at radius 3 is 2.47 bits per heavy atom. The van der Waals surface area contributed by atoms with Crippen LogP contribution in [0.15, 0.2) is 9.00 Å². The molecule has 0 atom stereocenters. The molecule has 0 amide bonds. The van der Waals surface area contributed by atoms with Crippen LogP contribution >= 0.6 is 15.9 Å². The zero-order chi connectivity index (χ0) is 14.0. The molecule has 5 nitrogen and oxygen atoms in total. The highest BCUT2D eigenvalue weighted by atomic mass is 79.9. The lowest BCUT2D eigenvalue weighted by Crippen LogP contribution is -2.06. The summed E-state index contributed by atoms with van der Waals surface area (Å²) in [6, 6.07) is 0. The maximum Gasteiger partial charge on any atom is 0.167 e. The van der Waals surface area contributed by atoms with E-state index in [-0.39, 0.29) is 0 Å². The molecule has 0 spiro atoms. The smallest absolute Gasteiger partial charge is 0.167 e. The Morgan fingerprint density at radius 1 is 1.21 bits per heavy atom. The maximum absolute atomic E-state index is 5.19. The minimum atomic E-state index is 0.659. The summed E-state index contributed by atoms with van der Waals surface area (Å²) >= 11 is 3.55. The molecule has 0 aliphatic carbocycles. The fourth-order valence-corrected chi connectivity index (χ4v) is 2.52. The van der Waals surface area contributed by atoms with Crippen molar-refractivity contribution in [3.8, 4) is 11.4 Å². The second-order valence-corrected chi connectivity index (χ2v) is 5.03. The van der Waals surface area contributed by atoms with E-state index >= 15 is 0 Å². The lowest BCUT2D eigenvalue weighted by molar-refractivity contribution is 0.393. The van der Waals surface area contributed by atoms with Gasteiger partial charge >= 0.3 is 0 Å². The molecule has 0 saturated carbocycles. The van der Waals surface area contributed by atoms with E-state index in [9.17, 15) is 0 Å². The van der Waals surface area contributed by atoms with Crippen molar-refractivity contribution in [1.82, 2.24) is 15.1 Å². The fraction of sp³-hybridized carbons (Fsp3) is 0.462. The van der Waals surface area contributed by atoms with E-state index in [1.807, 2.05) is 20.8 Å². The summed E-state index contributed by atoms with van der Waals surface area (Å²) in [5, 5.41) is 7.20. The Labute approximate surface area is 121 Å². The number of aromatic nitrogens is 3. The molecule has 0 bridgehead atoms. The first kappa shape index (κ1) is 14.0. The summed E-state index contributed by atoms with van der Waals surface area (Å²) in [5.74, 6) is 2.21. The molecule has 19 heavy (non-hydrogen) atoms. The Balaban J connectivity index is 2.61. The average Bonchev–Trinajstić information content (AvgIpc) is 2.72. The first-order valence-corrected chi connectivity index (χ1v) is 7.11. The van der Waals surface area contributed by atoms with Gasteiger partial charge in [-0.1, -0.05) is 12.1 Å². The van der Waals surface area contributed by atoms with Crippen molar-refractivity contribution in [2.75, 3.05) is 11.9 Å². The first-order valence-electron chi connectivity index (χ1n) is 6.32. The van der Waals surface area contributed by atoms with Crippen LogP contribution in [0.2, 0.25) is 0 Å². The van der Waals surface area contributed by atoms with Gasteiger partial charge in [-0.25, -0.2) is 9.97 Å². The van der Waals surface area contributed by atoms with Gasteiger partial charge in [0.2, 0.25) is 0 Å². The predicted octanol–water partition coefficient (Wildman–Crippen LogP) is 3.51. The maximum atomic E-state index is 5.19. The molecule has 0 unspecified atom stereocenters. The van der Waals surface area contributed by atoms with Crippen LogP contribution in [0.1, 0.15) is 31.0 Å². The average molecular weight is 325 g/mol. The van der Waals surface area contributed by atoms with Gasteiger partial charge in [0.25, 0.3) is 0 Å². The van der Waals surface area contributed by atoms with Crippen molar-refractivity contribution >= 4 is 21.7 Å². The molecule has 0 aliphatic heterocycles. The van der Waals surface area contributed by atoms with E-state index < -0.39 is 0 Å². The van der Waals surface area contributed by atoms with Gasteiger partial charge in [-0.05, 0) is 43.1 Å². The standard InChI is InChI=1S/C13H17BrN4O/c1-5-9-11(14)13(15-6-2)17-12(16-9)10-7(3)18-19-8(10)4/h5-6H2,1-4H3,(H,15,16,17). The molecule has 2 rings (SSSR count). The summed E-state index contributed by atoms with van der Waals surface area (Å²) in [6.45, 7) is 8.69. The summed E-state index contributed by atoms with van der Waals surface area (Å²) in [6.07, 6.45) is 0.831. The van der Waals surface area contributed by atoms with Gasteiger partial charge in [0.15, 0.2) is 5.82 Å². The van der Waals surface area contributed by atoms with E-state index in [1.54, 1.807) is 0 Å². The zero-order valence-electron chi connectivity index (χ0n) is 11.5. The highest BCUT2D eigenvalue weighted by molar-refractivity contribution is 9.10. The Morgan fingerprint density at radius 2 is 1.95 bits per heavy atom. The van der Waals surface area contributed by atoms with Crippen molar-refractivity contribution in [3.05, 3.63) is 21.6 Å². The molecule has 0 aromatic carbocycles. The molecule has 1 N–H and O–H groups in total. The van der Waals surface area contributed by atoms with E-state index in [0.717, 1.165) is 46.0 Å². The van der Waals surface area contributed by atoms with Gasteiger partial charge in [0, 0.05) is 6.54 Å². The van der Waals surface area contributed by atoms with Crippen LogP contribution in [-0.2, 0) is 6.42 Å². The van der Waals surface area contributed by atoms with Gasteiger partial charge in [-0.2, -0.15) is 0 Å². The fourth-order valence-electron chi connectivity index (χ4n) is 1.93. The Hall–Kier alpha value is -1.43. The molecule has 2 heterocycles. The van der Waals surface area contributed by atoms with Crippen LogP contribution in [0, 0.1) is 13.8 Å². The van der Waals surface area contributed by atoms with Gasteiger partial charge in [0.1, 0.15) is 11.6 Å². The Bertz CT molecular complexity index is 575. The van der Waals surface area contributed by atoms with Crippen LogP contribution in [0.25, 0.3) is 11.4 Å². The summed E-state index contributed by atoms with van der Waals surface area (Å²) in [7, 11) is 0. The largest absolute Gasteiger partial charge is 0.369 e. The minimum absolute atomic E-state index is 0.659. The molecule has 0 aliphatic rings. The predicted molar refractivity (Wildman–Crippen MR) is 78.2 cm³/mol. The van der Waals surface area contributed by atoms with Crippen molar-refractivity contribution < 1.29 is 4.52 Å². The van der Waals surface area contributed by atoms with Gasteiger partial charge < -0.3 is 9.84 Å². The third kappa shape index (κ3) is 2.63. The highest BCUT2D eigenvalue weighted by Crippen LogP contribution is 2.30. The van der Waals surface area contributed by atoms with E-state index in [4.69, 9.17) is 4.52 Å². The van der Waals surface area contributed by atoms with Crippen LogP contribution < -0.4 is 5.32 Å². The van der Waals surface area contributed by atoms with Crippen LogP contribution in [-0.4, -0.2) is 21.7 Å². The molecule has 6 heteroatoms. The lowest BCUT2D eigenvalue weighted by Gasteiger charge is -2.11. The minimum Gasteiger partial charge on any atom is -0.369 e. The second kappa shape index (κ2) is 5.69. The monoisotopic (exact) mass is 324 g/mol. The van der Waals surface area contributed by atoms with Crippen molar-refractivity contribution in [2.45, 2.75) is 34.1 Å². The quantitative estimate of drug-likeness (QED) is 0.932. The number of nitrogens with zero attached hydrogens (tertiary/aromatic N) is 3. The summed E-state index contributed by atoms with van der Waals surface area (Å²) < 4.78 is 6.11. The molecule has 2 aromatic rings. The third-order valence-electron chi connectivity index (χ3n) is 2.86. The molecule has 2 aromatic heterocycles. The summed E-state index contributed by atoms with van der Waals surface area (Å²) in [4.78, 5) is 9.17. The number of hydrogen-bond acceptors (Lipinski definition) is 5. The second-order valence-electron chi connectivity index (χ2n) is 4.24. The van der Waals surface area contributed by atoms with Crippen molar-refractivity contribution in [3.63, 3.8) is 0 Å². The van der Waals surface area contributed by atoms with Gasteiger partial charge in [0.05, 0.1) is 21.4 Å². The Kier molecular flexibility index (Phi) is 4.19. The van der Waals surface area contributed by atoms with Crippen LogP contribution in [0.5, 0.6) is 0 Å².